The number of aromatic nitrogens is 1. The molecule has 3 aromatic carbocycles. The number of fused-ring (bicyclic) bond motifs is 1. The maximum absolute atomic E-state index is 13.4. The van der Waals surface area contributed by atoms with Crippen molar-refractivity contribution in [2.75, 3.05) is 11.9 Å². The van der Waals surface area contributed by atoms with Crippen molar-refractivity contribution in [3.63, 3.8) is 0 Å². The maximum Gasteiger partial charge on any atom is 0.224 e. The maximum atomic E-state index is 13.4. The van der Waals surface area contributed by atoms with Gasteiger partial charge in [0.05, 0.1) is 18.7 Å². The van der Waals surface area contributed by atoms with Crippen molar-refractivity contribution in [1.29, 1.82) is 0 Å². The number of hydrogen-bond acceptors (Lipinski definition) is 3. The molecule has 1 aromatic heterocycles. The highest BCUT2D eigenvalue weighted by molar-refractivity contribution is 5.94. The molecular formula is C26H24FN3O3. The molecule has 168 valence electrons. The number of carbonyl (C=O) groups excluding carboxylic acids is 2. The van der Waals surface area contributed by atoms with E-state index in [-0.39, 0.29) is 31.2 Å². The Morgan fingerprint density at radius 3 is 2.45 bits per heavy atom. The number of benzene rings is 3. The van der Waals surface area contributed by atoms with Crippen molar-refractivity contribution in [3.05, 3.63) is 84.2 Å². The number of hydrogen-bond donors (Lipinski definition) is 3. The monoisotopic (exact) mass is 445 g/mol. The zero-order valence-corrected chi connectivity index (χ0v) is 17.9. The fraction of sp³-hybridized carbons (Fsp3) is 0.154. The van der Waals surface area contributed by atoms with Gasteiger partial charge in [-0.15, -0.1) is 0 Å². The molecule has 0 fully saturated rings. The van der Waals surface area contributed by atoms with E-state index in [9.17, 15) is 14.0 Å². The number of primary amides is 1. The van der Waals surface area contributed by atoms with Crippen molar-refractivity contribution < 1.29 is 18.7 Å². The smallest absolute Gasteiger partial charge is 0.224 e. The van der Waals surface area contributed by atoms with E-state index in [1.807, 2.05) is 24.3 Å². The molecule has 0 atom stereocenters. The quantitative estimate of drug-likeness (QED) is 0.345. The predicted octanol–water partition coefficient (Wildman–Crippen LogP) is 4.80. The van der Waals surface area contributed by atoms with Crippen LogP contribution in [0.2, 0.25) is 0 Å². The molecule has 2 amide bonds. The molecule has 1 heterocycles. The molecule has 0 aliphatic rings. The first-order valence-corrected chi connectivity index (χ1v) is 10.7. The molecule has 33 heavy (non-hydrogen) atoms. The second kappa shape index (κ2) is 9.99. The lowest BCUT2D eigenvalue weighted by Crippen LogP contribution is -2.16. The molecule has 4 N–H and O–H groups in total. The number of carbonyl (C=O) groups is 2. The number of ether oxygens (including phenoxy) is 1. The van der Waals surface area contributed by atoms with Crippen LogP contribution in [0.5, 0.6) is 5.75 Å². The third-order valence-electron chi connectivity index (χ3n) is 5.32. The first-order valence-electron chi connectivity index (χ1n) is 10.7. The van der Waals surface area contributed by atoms with Gasteiger partial charge in [0, 0.05) is 23.0 Å². The molecule has 0 spiro atoms. The van der Waals surface area contributed by atoms with Gasteiger partial charge in [-0.25, -0.2) is 4.39 Å². The summed E-state index contributed by atoms with van der Waals surface area (Å²) >= 11 is 0. The first kappa shape index (κ1) is 22.1. The summed E-state index contributed by atoms with van der Waals surface area (Å²) in [5, 5.41) is 3.91. The van der Waals surface area contributed by atoms with E-state index in [0.29, 0.717) is 17.9 Å². The predicted molar refractivity (Wildman–Crippen MR) is 126 cm³/mol. The van der Waals surface area contributed by atoms with Gasteiger partial charge in [0.25, 0.3) is 0 Å². The zero-order valence-electron chi connectivity index (χ0n) is 17.9. The Morgan fingerprint density at radius 1 is 0.939 bits per heavy atom. The van der Waals surface area contributed by atoms with Gasteiger partial charge in [0.1, 0.15) is 11.6 Å². The van der Waals surface area contributed by atoms with Gasteiger partial charge in [-0.1, -0.05) is 30.3 Å². The van der Waals surface area contributed by atoms with Crippen LogP contribution in [0.3, 0.4) is 0 Å². The molecule has 6 nitrogen and oxygen atoms in total. The molecule has 0 bridgehead atoms. The van der Waals surface area contributed by atoms with Crippen LogP contribution in [-0.2, 0) is 16.0 Å². The Bertz CT molecular complexity index is 1280. The topological polar surface area (TPSA) is 97.2 Å². The van der Waals surface area contributed by atoms with Crippen LogP contribution in [0.4, 0.5) is 10.1 Å². The van der Waals surface area contributed by atoms with E-state index in [4.69, 9.17) is 10.5 Å². The number of nitrogens with two attached hydrogens (primary N) is 1. The second-order valence-electron chi connectivity index (χ2n) is 7.64. The molecule has 7 heteroatoms. The zero-order chi connectivity index (χ0) is 23.2. The SMILES string of the molecule is NC(=O)CCOc1ccccc1NC(=O)CCc1c(-c2ccc(F)cc2)[nH]c2ccccc12. The molecule has 0 aliphatic carbocycles. The number of amides is 2. The molecule has 4 rings (SSSR count). The number of aryl methyl sites for hydroxylation is 1. The lowest BCUT2D eigenvalue weighted by atomic mass is 10.0. The summed E-state index contributed by atoms with van der Waals surface area (Å²) in [6.07, 6.45) is 0.827. The van der Waals surface area contributed by atoms with Crippen LogP contribution in [0.15, 0.2) is 72.8 Å². The van der Waals surface area contributed by atoms with Crippen LogP contribution in [-0.4, -0.2) is 23.4 Å². The summed E-state index contributed by atoms with van der Waals surface area (Å²) in [6.45, 7) is 0.137. The van der Waals surface area contributed by atoms with Gasteiger partial charge in [0.15, 0.2) is 0 Å². The number of aromatic amines is 1. The molecule has 0 saturated heterocycles. The van der Waals surface area contributed by atoms with Crippen molar-refractivity contribution in [3.8, 4) is 17.0 Å². The molecule has 0 saturated carbocycles. The lowest BCUT2D eigenvalue weighted by molar-refractivity contribution is -0.118. The third kappa shape index (κ3) is 5.38. The molecule has 0 unspecified atom stereocenters. The van der Waals surface area contributed by atoms with Crippen molar-refractivity contribution in [2.24, 2.45) is 5.73 Å². The fourth-order valence-corrected chi connectivity index (χ4v) is 3.73. The van der Waals surface area contributed by atoms with Gasteiger partial charge in [-0.2, -0.15) is 0 Å². The summed E-state index contributed by atoms with van der Waals surface area (Å²) in [6, 6.07) is 21.2. The summed E-state index contributed by atoms with van der Waals surface area (Å²) < 4.78 is 19.0. The largest absolute Gasteiger partial charge is 0.491 e. The Hall–Kier alpha value is -4.13. The number of halogens is 1. The molecule has 0 aliphatic heterocycles. The van der Waals surface area contributed by atoms with Crippen molar-refractivity contribution in [1.82, 2.24) is 4.98 Å². The minimum absolute atomic E-state index is 0.0923. The summed E-state index contributed by atoms with van der Waals surface area (Å²) in [5.74, 6) is -0.442. The molecular weight excluding hydrogens is 421 g/mol. The highest BCUT2D eigenvalue weighted by atomic mass is 19.1. The van der Waals surface area contributed by atoms with Crippen LogP contribution < -0.4 is 15.8 Å². The molecule has 0 radical (unpaired) electrons. The Labute approximate surface area is 190 Å². The fourth-order valence-electron chi connectivity index (χ4n) is 3.73. The highest BCUT2D eigenvalue weighted by Gasteiger charge is 2.15. The van der Waals surface area contributed by atoms with Crippen LogP contribution in [0.25, 0.3) is 22.2 Å². The van der Waals surface area contributed by atoms with Gasteiger partial charge in [-0.3, -0.25) is 9.59 Å². The Balaban J connectivity index is 1.50. The second-order valence-corrected chi connectivity index (χ2v) is 7.64. The number of para-hydroxylation sites is 3. The van der Waals surface area contributed by atoms with E-state index in [1.54, 1.807) is 36.4 Å². The molecule has 4 aromatic rings. The van der Waals surface area contributed by atoms with E-state index in [0.717, 1.165) is 27.7 Å². The van der Waals surface area contributed by atoms with E-state index >= 15 is 0 Å². The normalized spacial score (nSPS) is 10.8. The van der Waals surface area contributed by atoms with Crippen LogP contribution >= 0.6 is 0 Å². The van der Waals surface area contributed by atoms with Gasteiger partial charge in [-0.05, 0) is 60.0 Å². The number of rotatable bonds is 9. The van der Waals surface area contributed by atoms with Crippen molar-refractivity contribution in [2.45, 2.75) is 19.3 Å². The minimum atomic E-state index is -0.452. The van der Waals surface area contributed by atoms with Gasteiger partial charge in [0.2, 0.25) is 11.8 Å². The summed E-state index contributed by atoms with van der Waals surface area (Å²) in [7, 11) is 0. The highest BCUT2D eigenvalue weighted by Crippen LogP contribution is 2.32. The Kier molecular flexibility index (Phi) is 6.69. The minimum Gasteiger partial charge on any atom is -0.491 e. The van der Waals surface area contributed by atoms with Crippen molar-refractivity contribution >= 4 is 28.4 Å². The lowest BCUT2D eigenvalue weighted by Gasteiger charge is -2.12. The van der Waals surface area contributed by atoms with E-state index in [1.165, 1.54) is 12.1 Å². The number of anilines is 1. The average molecular weight is 445 g/mol. The Morgan fingerprint density at radius 2 is 1.67 bits per heavy atom. The first-order chi connectivity index (χ1) is 16.0. The van der Waals surface area contributed by atoms with E-state index in [2.05, 4.69) is 10.3 Å². The average Bonchev–Trinajstić information content (AvgIpc) is 3.17. The van der Waals surface area contributed by atoms with Gasteiger partial charge < -0.3 is 20.8 Å². The van der Waals surface area contributed by atoms with Crippen LogP contribution in [0, 0.1) is 5.82 Å². The van der Waals surface area contributed by atoms with Gasteiger partial charge >= 0.3 is 0 Å². The summed E-state index contributed by atoms with van der Waals surface area (Å²) in [5.41, 5.74) is 9.37. The number of nitrogens with one attached hydrogen (secondary N) is 2. The number of H-pyrrole nitrogens is 1. The van der Waals surface area contributed by atoms with E-state index < -0.39 is 5.91 Å². The van der Waals surface area contributed by atoms with Crippen LogP contribution in [0.1, 0.15) is 18.4 Å². The third-order valence-corrected chi connectivity index (χ3v) is 5.32. The summed E-state index contributed by atoms with van der Waals surface area (Å²) in [4.78, 5) is 27.1. The standard InChI is InChI=1S/C26H24FN3O3/c27-18-11-9-17(10-12-18)26-20(19-5-1-2-6-21(19)30-26)13-14-25(32)29-22-7-3-4-8-23(22)33-16-15-24(28)31/h1-12,30H,13-16H2,(H2,28,31)(H,29,32).